The summed E-state index contributed by atoms with van der Waals surface area (Å²) in [4.78, 5) is 30.9. The van der Waals surface area contributed by atoms with Crippen LogP contribution in [0.1, 0.15) is 72.0 Å². The van der Waals surface area contributed by atoms with E-state index >= 15 is 0 Å². The van der Waals surface area contributed by atoms with Crippen molar-refractivity contribution in [1.82, 2.24) is 20.1 Å². The third-order valence-corrected chi connectivity index (χ3v) is 6.09. The lowest BCUT2D eigenvalue weighted by Gasteiger charge is -2.17. The zero-order chi connectivity index (χ0) is 20.5. The van der Waals surface area contributed by atoms with Crippen LogP contribution in [0.4, 0.5) is 0 Å². The van der Waals surface area contributed by atoms with Gasteiger partial charge in [0.05, 0.1) is 36.7 Å². The third-order valence-electron chi connectivity index (χ3n) is 5.11. The SMILES string of the molecule is COC(=O)CC(NC(=O)c1cc(C2CC2)nc2c1cnn2C(C)C)c1cccs1. The number of nitrogens with zero attached hydrogens (tertiary/aromatic N) is 3. The van der Waals surface area contributed by atoms with Crippen molar-refractivity contribution < 1.29 is 14.3 Å². The highest BCUT2D eigenvalue weighted by atomic mass is 32.1. The fraction of sp³-hybridized carbons (Fsp3) is 0.429. The van der Waals surface area contributed by atoms with Gasteiger partial charge in [0, 0.05) is 22.5 Å². The summed E-state index contributed by atoms with van der Waals surface area (Å²) in [5, 5.41) is 10.1. The van der Waals surface area contributed by atoms with Gasteiger partial charge < -0.3 is 10.1 Å². The molecule has 1 atom stereocenters. The minimum atomic E-state index is -0.442. The number of ether oxygens (including phenoxy) is 1. The van der Waals surface area contributed by atoms with Gasteiger partial charge in [-0.1, -0.05) is 6.07 Å². The number of aromatic nitrogens is 3. The van der Waals surface area contributed by atoms with E-state index in [1.165, 1.54) is 18.4 Å². The van der Waals surface area contributed by atoms with E-state index < -0.39 is 6.04 Å². The van der Waals surface area contributed by atoms with Crippen LogP contribution in [0.3, 0.4) is 0 Å². The average molecular weight is 413 g/mol. The van der Waals surface area contributed by atoms with Gasteiger partial charge in [-0.15, -0.1) is 11.3 Å². The number of amides is 1. The number of fused-ring (bicyclic) bond motifs is 1. The Bertz CT molecular complexity index is 1040. The lowest BCUT2D eigenvalue weighted by molar-refractivity contribution is -0.141. The fourth-order valence-corrected chi connectivity index (χ4v) is 4.17. The summed E-state index contributed by atoms with van der Waals surface area (Å²) in [6.07, 6.45) is 3.97. The topological polar surface area (TPSA) is 86.1 Å². The first-order chi connectivity index (χ1) is 14.0. The molecule has 3 heterocycles. The van der Waals surface area contributed by atoms with Crippen LogP contribution in [-0.4, -0.2) is 33.8 Å². The molecule has 152 valence electrons. The molecule has 29 heavy (non-hydrogen) atoms. The van der Waals surface area contributed by atoms with Gasteiger partial charge in [0.1, 0.15) is 0 Å². The molecule has 3 aromatic rings. The predicted octanol–water partition coefficient (Wildman–Crippen LogP) is 3.99. The van der Waals surface area contributed by atoms with Gasteiger partial charge in [-0.3, -0.25) is 9.59 Å². The number of carbonyl (C=O) groups is 2. The van der Waals surface area contributed by atoms with Crippen molar-refractivity contribution in [2.24, 2.45) is 0 Å². The predicted molar refractivity (Wildman–Crippen MR) is 111 cm³/mol. The zero-order valence-electron chi connectivity index (χ0n) is 16.7. The van der Waals surface area contributed by atoms with Gasteiger partial charge in [-0.05, 0) is 44.2 Å². The molecule has 1 unspecified atom stereocenters. The smallest absolute Gasteiger partial charge is 0.307 e. The lowest BCUT2D eigenvalue weighted by atomic mass is 10.1. The van der Waals surface area contributed by atoms with Crippen LogP contribution in [0.5, 0.6) is 0 Å². The Kier molecular flexibility index (Phi) is 5.36. The van der Waals surface area contributed by atoms with Crippen LogP contribution in [0.25, 0.3) is 11.0 Å². The molecular formula is C21H24N4O3S. The summed E-state index contributed by atoms with van der Waals surface area (Å²) in [7, 11) is 1.35. The number of rotatable bonds is 7. The molecule has 4 rings (SSSR count). The Balaban J connectivity index is 1.70. The first-order valence-corrected chi connectivity index (χ1v) is 10.6. The summed E-state index contributed by atoms with van der Waals surface area (Å²) in [5.74, 6) is -0.190. The van der Waals surface area contributed by atoms with Crippen LogP contribution in [-0.2, 0) is 9.53 Å². The maximum absolute atomic E-state index is 13.3. The van der Waals surface area contributed by atoms with Crippen molar-refractivity contribution in [1.29, 1.82) is 0 Å². The molecule has 1 N–H and O–H groups in total. The summed E-state index contributed by atoms with van der Waals surface area (Å²) in [5.41, 5.74) is 2.22. The maximum Gasteiger partial charge on any atom is 0.307 e. The minimum Gasteiger partial charge on any atom is -0.469 e. The molecule has 0 spiro atoms. The molecule has 1 fully saturated rings. The lowest BCUT2D eigenvalue weighted by Crippen LogP contribution is -2.30. The molecule has 0 aliphatic heterocycles. The van der Waals surface area contributed by atoms with Crippen molar-refractivity contribution in [2.75, 3.05) is 7.11 Å². The fourth-order valence-electron chi connectivity index (χ4n) is 3.39. The molecule has 1 saturated carbocycles. The number of carbonyl (C=O) groups excluding carboxylic acids is 2. The van der Waals surface area contributed by atoms with E-state index in [2.05, 4.69) is 10.4 Å². The Hall–Kier alpha value is -2.74. The quantitative estimate of drug-likeness (QED) is 0.593. The molecule has 0 radical (unpaired) electrons. The van der Waals surface area contributed by atoms with E-state index in [9.17, 15) is 9.59 Å². The summed E-state index contributed by atoms with van der Waals surface area (Å²) in [6, 6.07) is 5.39. The largest absolute Gasteiger partial charge is 0.469 e. The standard InChI is InChI=1S/C21H24N4O3S/c1-12(2)25-20-15(11-22-25)14(9-16(23-20)13-6-7-13)21(27)24-17(10-19(26)28-3)18-5-4-8-29-18/h4-5,8-9,11-13,17H,6-7,10H2,1-3H3,(H,24,27). The van der Waals surface area contributed by atoms with Crippen LogP contribution in [0.15, 0.2) is 29.8 Å². The number of methoxy groups -OCH3 is 1. The van der Waals surface area contributed by atoms with Crippen molar-refractivity contribution in [3.05, 3.63) is 45.9 Å². The zero-order valence-corrected chi connectivity index (χ0v) is 17.5. The van der Waals surface area contributed by atoms with Crippen LogP contribution in [0.2, 0.25) is 0 Å². The minimum absolute atomic E-state index is 0.0811. The molecule has 7 nitrogen and oxygen atoms in total. The number of pyridine rings is 1. The van der Waals surface area contributed by atoms with Gasteiger partial charge in [-0.25, -0.2) is 9.67 Å². The molecule has 1 aliphatic rings. The van der Waals surface area contributed by atoms with E-state index in [-0.39, 0.29) is 24.3 Å². The second-order valence-electron chi connectivity index (χ2n) is 7.61. The highest BCUT2D eigenvalue weighted by Gasteiger charge is 2.29. The molecule has 0 bridgehead atoms. The van der Waals surface area contributed by atoms with Crippen molar-refractivity contribution in [3.8, 4) is 0 Å². The molecular weight excluding hydrogens is 388 g/mol. The van der Waals surface area contributed by atoms with Crippen LogP contribution < -0.4 is 5.32 Å². The summed E-state index contributed by atoms with van der Waals surface area (Å²) >= 11 is 1.50. The maximum atomic E-state index is 13.3. The Morgan fingerprint density at radius 2 is 2.17 bits per heavy atom. The monoisotopic (exact) mass is 412 g/mol. The number of esters is 1. The molecule has 0 saturated heterocycles. The normalized spacial score (nSPS) is 14.9. The Morgan fingerprint density at radius 3 is 2.79 bits per heavy atom. The third kappa shape index (κ3) is 4.03. The molecule has 0 aromatic carbocycles. The van der Waals surface area contributed by atoms with E-state index in [0.717, 1.165) is 34.4 Å². The van der Waals surface area contributed by atoms with E-state index in [1.54, 1.807) is 6.20 Å². The summed E-state index contributed by atoms with van der Waals surface area (Å²) in [6.45, 7) is 4.09. The first-order valence-electron chi connectivity index (χ1n) is 9.77. The van der Waals surface area contributed by atoms with E-state index in [0.29, 0.717) is 11.5 Å². The first kappa shape index (κ1) is 19.6. The van der Waals surface area contributed by atoms with E-state index in [1.807, 2.05) is 42.1 Å². The number of nitrogens with one attached hydrogen (secondary N) is 1. The van der Waals surface area contributed by atoms with Gasteiger partial charge in [-0.2, -0.15) is 5.10 Å². The Morgan fingerprint density at radius 1 is 1.38 bits per heavy atom. The van der Waals surface area contributed by atoms with Gasteiger partial charge >= 0.3 is 5.97 Å². The highest BCUT2D eigenvalue weighted by molar-refractivity contribution is 7.10. The van der Waals surface area contributed by atoms with Gasteiger partial charge in [0.2, 0.25) is 0 Å². The van der Waals surface area contributed by atoms with E-state index in [4.69, 9.17) is 9.72 Å². The van der Waals surface area contributed by atoms with Crippen molar-refractivity contribution in [2.45, 2.75) is 51.1 Å². The van der Waals surface area contributed by atoms with Crippen LogP contribution >= 0.6 is 11.3 Å². The second-order valence-corrected chi connectivity index (χ2v) is 8.59. The number of hydrogen-bond acceptors (Lipinski definition) is 6. The van der Waals surface area contributed by atoms with Gasteiger partial charge in [0.15, 0.2) is 5.65 Å². The van der Waals surface area contributed by atoms with Crippen LogP contribution in [0, 0.1) is 0 Å². The molecule has 1 aliphatic carbocycles. The summed E-state index contributed by atoms with van der Waals surface area (Å²) < 4.78 is 6.67. The molecule has 1 amide bonds. The number of thiophene rings is 1. The Labute approximate surface area is 173 Å². The van der Waals surface area contributed by atoms with Crippen molar-refractivity contribution in [3.63, 3.8) is 0 Å². The second kappa shape index (κ2) is 7.94. The average Bonchev–Trinajstić information content (AvgIpc) is 3.23. The van der Waals surface area contributed by atoms with Gasteiger partial charge in [0.25, 0.3) is 5.91 Å². The highest BCUT2D eigenvalue weighted by Crippen LogP contribution is 2.40. The molecule has 8 heteroatoms. The number of hydrogen-bond donors (Lipinski definition) is 1. The molecule has 3 aromatic heterocycles. The van der Waals surface area contributed by atoms with Crippen molar-refractivity contribution >= 4 is 34.2 Å².